The molecule has 0 aliphatic carbocycles. The summed E-state index contributed by atoms with van der Waals surface area (Å²) in [5, 5.41) is 9.05. The number of aryl methyl sites for hydroxylation is 2. The van der Waals surface area contributed by atoms with E-state index in [1.807, 2.05) is 49.4 Å². The molecule has 5 aromatic rings. The van der Waals surface area contributed by atoms with Crippen molar-refractivity contribution in [1.29, 1.82) is 0 Å². The zero-order chi connectivity index (χ0) is 22.1. The van der Waals surface area contributed by atoms with Crippen LogP contribution in [0.15, 0.2) is 81.1 Å². The number of H-pyrrole nitrogens is 1. The van der Waals surface area contributed by atoms with E-state index in [0.29, 0.717) is 22.4 Å². The van der Waals surface area contributed by atoms with Crippen molar-refractivity contribution >= 4 is 28.4 Å². The van der Waals surface area contributed by atoms with Gasteiger partial charge in [-0.25, -0.2) is 0 Å². The number of carbonyl (C=O) groups excluding carboxylic acids is 1. The van der Waals surface area contributed by atoms with Crippen LogP contribution >= 0.6 is 11.8 Å². The number of hydrogen-bond acceptors (Lipinski definition) is 6. The SMILES string of the molecule is CCc1cccc2c(C(=O)C(Sc3nnc(-c4ccoc4C)o3)c3ccccc3)c[nH]c12. The molecular weight excluding hydrogens is 422 g/mol. The van der Waals surface area contributed by atoms with Gasteiger partial charge in [-0.3, -0.25) is 4.79 Å². The monoisotopic (exact) mass is 443 g/mol. The topological polar surface area (TPSA) is 84.9 Å². The van der Waals surface area contributed by atoms with Gasteiger partial charge < -0.3 is 13.8 Å². The second-order valence-electron chi connectivity index (χ2n) is 7.43. The summed E-state index contributed by atoms with van der Waals surface area (Å²) >= 11 is 1.26. The fourth-order valence-electron chi connectivity index (χ4n) is 3.83. The molecule has 0 spiro atoms. The van der Waals surface area contributed by atoms with Crippen molar-refractivity contribution in [3.63, 3.8) is 0 Å². The highest BCUT2D eigenvalue weighted by molar-refractivity contribution is 8.00. The number of benzene rings is 2. The Morgan fingerprint density at radius 2 is 1.94 bits per heavy atom. The van der Waals surface area contributed by atoms with Gasteiger partial charge in [-0.15, -0.1) is 10.2 Å². The molecule has 32 heavy (non-hydrogen) atoms. The molecule has 0 amide bonds. The van der Waals surface area contributed by atoms with E-state index in [2.05, 4.69) is 28.2 Å². The van der Waals surface area contributed by atoms with Crippen LogP contribution in [0.3, 0.4) is 0 Å². The Kier molecular flexibility index (Phi) is 5.41. The lowest BCUT2D eigenvalue weighted by Crippen LogP contribution is -2.09. The van der Waals surface area contributed by atoms with Crippen molar-refractivity contribution in [2.45, 2.75) is 30.7 Å². The molecule has 5 rings (SSSR count). The number of ketones is 1. The van der Waals surface area contributed by atoms with Gasteiger partial charge in [-0.05, 0) is 42.3 Å². The maximum absolute atomic E-state index is 13.8. The van der Waals surface area contributed by atoms with Gasteiger partial charge in [0, 0.05) is 22.7 Å². The van der Waals surface area contributed by atoms with Crippen LogP contribution in [-0.4, -0.2) is 21.0 Å². The summed E-state index contributed by atoms with van der Waals surface area (Å²) in [5.74, 6) is 1.06. The van der Waals surface area contributed by atoms with Crippen LogP contribution < -0.4 is 0 Å². The minimum absolute atomic E-state index is 0.0139. The van der Waals surface area contributed by atoms with Crippen LogP contribution in [0.5, 0.6) is 0 Å². The number of carbonyl (C=O) groups is 1. The van der Waals surface area contributed by atoms with E-state index in [4.69, 9.17) is 8.83 Å². The molecule has 6 nitrogen and oxygen atoms in total. The van der Waals surface area contributed by atoms with Gasteiger partial charge in [-0.1, -0.05) is 55.5 Å². The predicted octanol–water partition coefficient (Wildman–Crippen LogP) is 6.40. The number of aromatic nitrogens is 3. The van der Waals surface area contributed by atoms with Crippen molar-refractivity contribution in [1.82, 2.24) is 15.2 Å². The van der Waals surface area contributed by atoms with Gasteiger partial charge in [0.15, 0.2) is 5.78 Å². The molecule has 3 heterocycles. The number of furan rings is 1. The summed E-state index contributed by atoms with van der Waals surface area (Å²) < 4.78 is 11.2. The molecule has 0 radical (unpaired) electrons. The molecule has 0 saturated heterocycles. The lowest BCUT2D eigenvalue weighted by Gasteiger charge is -2.13. The summed E-state index contributed by atoms with van der Waals surface area (Å²) in [5.41, 5.74) is 4.47. The van der Waals surface area contributed by atoms with Crippen LogP contribution in [0.1, 0.15) is 39.4 Å². The second kappa shape index (κ2) is 8.51. The molecule has 1 N–H and O–H groups in total. The second-order valence-corrected chi connectivity index (χ2v) is 8.49. The molecule has 7 heteroatoms. The highest BCUT2D eigenvalue weighted by Gasteiger charge is 2.28. The van der Waals surface area contributed by atoms with Gasteiger partial charge in [0.1, 0.15) is 11.0 Å². The summed E-state index contributed by atoms with van der Waals surface area (Å²) in [6.07, 6.45) is 4.27. The van der Waals surface area contributed by atoms with Crippen LogP contribution in [0.4, 0.5) is 0 Å². The number of para-hydroxylation sites is 1. The summed E-state index contributed by atoms with van der Waals surface area (Å²) in [6, 6.07) is 17.5. The van der Waals surface area contributed by atoms with Gasteiger partial charge in [-0.2, -0.15) is 0 Å². The van der Waals surface area contributed by atoms with E-state index >= 15 is 0 Å². The first kappa shape index (κ1) is 20.3. The molecule has 0 fully saturated rings. The van der Waals surface area contributed by atoms with Crippen molar-refractivity contribution in [2.24, 2.45) is 0 Å². The first-order valence-corrected chi connectivity index (χ1v) is 11.3. The molecule has 2 aromatic carbocycles. The molecule has 0 bridgehead atoms. The third-order valence-corrected chi connectivity index (χ3v) is 6.59. The lowest BCUT2D eigenvalue weighted by molar-refractivity contribution is 0.0990. The molecule has 0 aliphatic rings. The smallest absolute Gasteiger partial charge is 0.277 e. The first-order chi connectivity index (χ1) is 15.7. The third kappa shape index (κ3) is 3.65. The Labute approximate surface area is 189 Å². The van der Waals surface area contributed by atoms with E-state index in [1.54, 1.807) is 18.5 Å². The maximum Gasteiger partial charge on any atom is 0.277 e. The highest BCUT2D eigenvalue weighted by atomic mass is 32.2. The molecule has 1 atom stereocenters. The molecule has 3 aromatic heterocycles. The van der Waals surface area contributed by atoms with Crippen molar-refractivity contribution in [3.05, 3.63) is 89.5 Å². The summed E-state index contributed by atoms with van der Waals surface area (Å²) in [4.78, 5) is 17.1. The van der Waals surface area contributed by atoms with Crippen LogP contribution in [0.25, 0.3) is 22.4 Å². The number of hydrogen-bond donors (Lipinski definition) is 1. The predicted molar refractivity (Wildman–Crippen MR) is 124 cm³/mol. The molecule has 0 aliphatic heterocycles. The van der Waals surface area contributed by atoms with E-state index in [1.165, 1.54) is 17.3 Å². The third-order valence-electron chi connectivity index (χ3n) is 5.50. The molecular formula is C25H21N3O3S. The van der Waals surface area contributed by atoms with Gasteiger partial charge in [0.2, 0.25) is 0 Å². The van der Waals surface area contributed by atoms with Gasteiger partial charge in [0.05, 0.1) is 11.8 Å². The number of thioether (sulfide) groups is 1. The minimum atomic E-state index is -0.528. The van der Waals surface area contributed by atoms with E-state index in [-0.39, 0.29) is 5.78 Å². The number of aromatic amines is 1. The first-order valence-electron chi connectivity index (χ1n) is 10.4. The average Bonchev–Trinajstić information content (AvgIpc) is 3.56. The Morgan fingerprint density at radius 1 is 1.09 bits per heavy atom. The van der Waals surface area contributed by atoms with E-state index in [9.17, 15) is 4.79 Å². The fourth-order valence-corrected chi connectivity index (χ4v) is 4.78. The minimum Gasteiger partial charge on any atom is -0.469 e. The summed E-state index contributed by atoms with van der Waals surface area (Å²) in [6.45, 7) is 3.94. The van der Waals surface area contributed by atoms with Crippen LogP contribution in [0.2, 0.25) is 0 Å². The van der Waals surface area contributed by atoms with E-state index in [0.717, 1.165) is 28.5 Å². The van der Waals surface area contributed by atoms with Gasteiger partial charge >= 0.3 is 0 Å². The zero-order valence-electron chi connectivity index (χ0n) is 17.7. The number of rotatable bonds is 7. The Morgan fingerprint density at radius 3 is 2.69 bits per heavy atom. The number of nitrogens with one attached hydrogen (secondary N) is 1. The normalized spacial score (nSPS) is 12.3. The standard InChI is InChI=1S/C25H21N3O3S/c1-3-16-10-7-11-19-20(14-26-21(16)19)22(29)23(17-8-5-4-6-9-17)32-25-28-27-24(31-25)18-12-13-30-15(18)2/h4-14,23,26H,3H2,1-2H3. The number of Topliss-reactive ketones (excluding diaryl/α,β-unsaturated/α-hetero) is 1. The maximum atomic E-state index is 13.8. The quantitative estimate of drug-likeness (QED) is 0.231. The van der Waals surface area contributed by atoms with Crippen LogP contribution in [0, 0.1) is 6.92 Å². The Hall–Kier alpha value is -3.58. The fraction of sp³-hybridized carbons (Fsp3) is 0.160. The van der Waals surface area contributed by atoms with Crippen molar-refractivity contribution in [2.75, 3.05) is 0 Å². The van der Waals surface area contributed by atoms with Crippen molar-refractivity contribution in [3.8, 4) is 11.5 Å². The Balaban J connectivity index is 1.52. The number of fused-ring (bicyclic) bond motifs is 1. The largest absolute Gasteiger partial charge is 0.469 e. The van der Waals surface area contributed by atoms with Gasteiger partial charge in [0.25, 0.3) is 11.1 Å². The highest BCUT2D eigenvalue weighted by Crippen LogP contribution is 2.39. The number of nitrogens with zero attached hydrogens (tertiary/aromatic N) is 2. The molecule has 0 saturated carbocycles. The zero-order valence-corrected chi connectivity index (χ0v) is 18.5. The van der Waals surface area contributed by atoms with E-state index < -0.39 is 5.25 Å². The van der Waals surface area contributed by atoms with Crippen molar-refractivity contribution < 1.29 is 13.6 Å². The lowest BCUT2D eigenvalue weighted by atomic mass is 10.0. The van der Waals surface area contributed by atoms with Crippen LogP contribution in [-0.2, 0) is 6.42 Å². The molecule has 160 valence electrons. The molecule has 1 unspecified atom stereocenters. The summed E-state index contributed by atoms with van der Waals surface area (Å²) in [7, 11) is 0. The average molecular weight is 444 g/mol. The Bertz CT molecular complexity index is 1380.